The highest BCUT2D eigenvalue weighted by molar-refractivity contribution is 6.33. The van der Waals surface area contributed by atoms with Crippen LogP contribution in [0.1, 0.15) is 46.4 Å². The zero-order valence-corrected chi connectivity index (χ0v) is 19.2. The van der Waals surface area contributed by atoms with Gasteiger partial charge in [-0.05, 0) is 51.1 Å². The molecule has 2 N–H and O–H groups in total. The normalized spacial score (nSPS) is 11.1. The molecular formula is C23H20ClFN6O3. The Morgan fingerprint density at radius 1 is 0.971 bits per heavy atom. The molecule has 2 amide bonds. The van der Waals surface area contributed by atoms with E-state index in [1.807, 2.05) is 0 Å². The zero-order chi connectivity index (χ0) is 24.6. The smallest absolute Gasteiger partial charge is 0.267 e. The van der Waals surface area contributed by atoms with Gasteiger partial charge in [-0.3, -0.25) is 25.2 Å². The molecule has 0 fully saturated rings. The Kier molecular flexibility index (Phi) is 6.16. The van der Waals surface area contributed by atoms with Crippen LogP contribution in [0.5, 0.6) is 0 Å². The number of rotatable bonds is 4. The van der Waals surface area contributed by atoms with E-state index in [1.54, 1.807) is 45.0 Å². The van der Waals surface area contributed by atoms with Gasteiger partial charge in [0.25, 0.3) is 17.4 Å². The molecule has 0 aliphatic heterocycles. The molecule has 34 heavy (non-hydrogen) atoms. The number of hydrazine groups is 1. The van der Waals surface area contributed by atoms with Gasteiger partial charge >= 0.3 is 0 Å². The van der Waals surface area contributed by atoms with Gasteiger partial charge in [0.1, 0.15) is 16.5 Å². The summed E-state index contributed by atoms with van der Waals surface area (Å²) in [6.45, 7) is 5.13. The molecule has 0 aliphatic rings. The van der Waals surface area contributed by atoms with E-state index in [0.29, 0.717) is 22.2 Å². The van der Waals surface area contributed by atoms with E-state index in [0.717, 1.165) is 0 Å². The van der Waals surface area contributed by atoms with Gasteiger partial charge in [0.15, 0.2) is 5.69 Å². The van der Waals surface area contributed by atoms with E-state index >= 15 is 0 Å². The Hall–Kier alpha value is -4.05. The third-order valence-corrected chi connectivity index (χ3v) is 5.47. The van der Waals surface area contributed by atoms with Crippen LogP contribution in [0.2, 0.25) is 5.15 Å². The van der Waals surface area contributed by atoms with E-state index in [2.05, 4.69) is 21.0 Å². The molecule has 2 aromatic heterocycles. The van der Waals surface area contributed by atoms with Gasteiger partial charge in [-0.2, -0.15) is 10.2 Å². The molecule has 0 saturated carbocycles. The van der Waals surface area contributed by atoms with Crippen LogP contribution < -0.4 is 16.4 Å². The summed E-state index contributed by atoms with van der Waals surface area (Å²) in [5, 5.41) is 9.13. The van der Waals surface area contributed by atoms with Crippen LogP contribution in [0.3, 0.4) is 0 Å². The van der Waals surface area contributed by atoms with E-state index in [9.17, 15) is 18.8 Å². The first-order chi connectivity index (χ1) is 16.2. The number of benzene rings is 2. The lowest BCUT2D eigenvalue weighted by atomic mass is 10.1. The van der Waals surface area contributed by atoms with Crippen LogP contribution in [0, 0.1) is 12.7 Å². The highest BCUT2D eigenvalue weighted by Gasteiger charge is 2.23. The Balaban J connectivity index is 1.61. The maximum absolute atomic E-state index is 13.2. The van der Waals surface area contributed by atoms with Crippen molar-refractivity contribution in [3.63, 3.8) is 0 Å². The predicted molar refractivity (Wildman–Crippen MR) is 125 cm³/mol. The topological polar surface area (TPSA) is 111 Å². The molecule has 9 nitrogen and oxygen atoms in total. The second-order valence-electron chi connectivity index (χ2n) is 7.79. The molecule has 4 aromatic rings. The lowest BCUT2D eigenvalue weighted by Gasteiger charge is -2.13. The number of nitrogens with zero attached hydrogens (tertiary/aromatic N) is 4. The van der Waals surface area contributed by atoms with Crippen molar-refractivity contribution in [1.29, 1.82) is 0 Å². The third-order valence-electron chi connectivity index (χ3n) is 5.12. The van der Waals surface area contributed by atoms with E-state index < -0.39 is 17.6 Å². The summed E-state index contributed by atoms with van der Waals surface area (Å²) in [5.41, 5.74) is 5.11. The number of hydrogen-bond acceptors (Lipinski definition) is 5. The number of aryl methyl sites for hydroxylation is 1. The van der Waals surface area contributed by atoms with Crippen molar-refractivity contribution in [2.24, 2.45) is 0 Å². The van der Waals surface area contributed by atoms with E-state index in [-0.39, 0.29) is 28.0 Å². The molecular weight excluding hydrogens is 463 g/mol. The first kappa shape index (κ1) is 23.1. The maximum atomic E-state index is 13.2. The number of amides is 2. The largest absolute Gasteiger partial charge is 0.290 e. The van der Waals surface area contributed by atoms with Crippen LogP contribution in [0.25, 0.3) is 16.5 Å². The molecule has 2 aromatic carbocycles. The summed E-state index contributed by atoms with van der Waals surface area (Å²) in [4.78, 5) is 38.4. The number of aromatic nitrogens is 4. The average Bonchev–Trinajstić information content (AvgIpc) is 3.11. The standard InChI is InChI=1S/C23H20ClFN6O3/c1-12(2)30-23(34)17-7-5-4-6-16(17)19(29-30)22(33)27-26-21(32)18-13(3)28-31(20(18)24)15-10-8-14(25)9-11-15/h4-12H,1-3H3,(H,26,32)(H,27,33). The second-order valence-corrected chi connectivity index (χ2v) is 8.14. The molecule has 0 unspecified atom stereocenters. The van der Waals surface area contributed by atoms with Gasteiger partial charge in [-0.15, -0.1) is 0 Å². The second kappa shape index (κ2) is 9.06. The Labute approximate surface area is 198 Å². The van der Waals surface area contributed by atoms with Crippen LogP contribution >= 0.6 is 11.6 Å². The van der Waals surface area contributed by atoms with Crippen molar-refractivity contribution in [3.05, 3.63) is 86.8 Å². The van der Waals surface area contributed by atoms with Crippen molar-refractivity contribution in [1.82, 2.24) is 30.4 Å². The fourth-order valence-corrected chi connectivity index (χ4v) is 3.83. The van der Waals surface area contributed by atoms with Gasteiger partial charge < -0.3 is 0 Å². The van der Waals surface area contributed by atoms with Gasteiger partial charge in [-0.25, -0.2) is 13.8 Å². The number of carbonyl (C=O) groups excluding carboxylic acids is 2. The van der Waals surface area contributed by atoms with Crippen molar-refractivity contribution in [2.45, 2.75) is 26.8 Å². The number of nitrogens with one attached hydrogen (secondary N) is 2. The van der Waals surface area contributed by atoms with Gasteiger partial charge in [0.05, 0.1) is 22.8 Å². The van der Waals surface area contributed by atoms with Crippen molar-refractivity contribution >= 4 is 34.2 Å². The van der Waals surface area contributed by atoms with Gasteiger partial charge in [-0.1, -0.05) is 29.8 Å². The monoisotopic (exact) mass is 482 g/mol. The van der Waals surface area contributed by atoms with Crippen LogP contribution in [0.4, 0.5) is 4.39 Å². The molecule has 0 spiro atoms. The highest BCUT2D eigenvalue weighted by atomic mass is 35.5. The summed E-state index contributed by atoms with van der Waals surface area (Å²) in [7, 11) is 0. The molecule has 4 rings (SSSR count). The lowest BCUT2D eigenvalue weighted by Crippen LogP contribution is -2.43. The number of carbonyl (C=O) groups is 2. The first-order valence-electron chi connectivity index (χ1n) is 10.3. The van der Waals surface area contributed by atoms with E-state index in [1.165, 1.54) is 33.6 Å². The summed E-state index contributed by atoms with van der Waals surface area (Å²) in [6.07, 6.45) is 0. The van der Waals surface area contributed by atoms with E-state index in [4.69, 9.17) is 11.6 Å². The van der Waals surface area contributed by atoms with Gasteiger partial charge in [0.2, 0.25) is 0 Å². The Morgan fingerprint density at radius 2 is 1.59 bits per heavy atom. The summed E-state index contributed by atoms with van der Waals surface area (Å²) >= 11 is 6.37. The predicted octanol–water partition coefficient (Wildman–Crippen LogP) is 3.34. The average molecular weight is 483 g/mol. The molecule has 0 saturated heterocycles. The fraction of sp³-hybridized carbons (Fsp3) is 0.174. The quantitative estimate of drug-likeness (QED) is 0.433. The van der Waals surface area contributed by atoms with Gasteiger partial charge in [0, 0.05) is 5.39 Å². The fourth-order valence-electron chi connectivity index (χ4n) is 3.47. The third kappa shape index (κ3) is 4.15. The first-order valence-corrected chi connectivity index (χ1v) is 10.7. The molecule has 0 aliphatic carbocycles. The minimum absolute atomic E-state index is 0.00668. The molecule has 2 heterocycles. The van der Waals surface area contributed by atoms with Crippen LogP contribution in [-0.4, -0.2) is 31.4 Å². The zero-order valence-electron chi connectivity index (χ0n) is 18.5. The SMILES string of the molecule is Cc1nn(-c2ccc(F)cc2)c(Cl)c1C(=O)NNC(=O)c1nn(C(C)C)c(=O)c2ccccc12. The van der Waals surface area contributed by atoms with Crippen LogP contribution in [-0.2, 0) is 0 Å². The minimum Gasteiger partial charge on any atom is -0.267 e. The number of hydrogen-bond donors (Lipinski definition) is 2. The van der Waals surface area contributed by atoms with Crippen molar-refractivity contribution in [3.8, 4) is 5.69 Å². The molecule has 11 heteroatoms. The molecule has 0 radical (unpaired) electrons. The van der Waals surface area contributed by atoms with Crippen molar-refractivity contribution in [2.75, 3.05) is 0 Å². The Bertz CT molecular complexity index is 1480. The lowest BCUT2D eigenvalue weighted by molar-refractivity contribution is 0.0843. The van der Waals surface area contributed by atoms with Crippen LogP contribution in [0.15, 0.2) is 53.3 Å². The summed E-state index contributed by atoms with van der Waals surface area (Å²) < 4.78 is 15.7. The molecule has 0 atom stereocenters. The molecule has 0 bridgehead atoms. The maximum Gasteiger partial charge on any atom is 0.290 e. The highest BCUT2D eigenvalue weighted by Crippen LogP contribution is 2.23. The van der Waals surface area contributed by atoms with Crippen molar-refractivity contribution < 1.29 is 14.0 Å². The number of fused-ring (bicyclic) bond motifs is 1. The summed E-state index contributed by atoms with van der Waals surface area (Å²) in [6, 6.07) is 11.8. The number of halogens is 2. The Morgan fingerprint density at radius 3 is 2.24 bits per heavy atom. The minimum atomic E-state index is -0.710. The summed E-state index contributed by atoms with van der Waals surface area (Å²) in [5.74, 6) is -1.83. The molecule has 174 valence electrons.